The van der Waals surface area contributed by atoms with Crippen molar-refractivity contribution in [2.24, 2.45) is 0 Å². The van der Waals surface area contributed by atoms with Crippen LogP contribution in [0, 0.1) is 6.92 Å². The van der Waals surface area contributed by atoms with Gasteiger partial charge in [-0.1, -0.05) is 133 Å². The Labute approximate surface area is 205 Å². The van der Waals surface area contributed by atoms with Crippen LogP contribution in [0.4, 0.5) is 0 Å². The van der Waals surface area contributed by atoms with E-state index < -0.39 is 0 Å². The van der Waals surface area contributed by atoms with Crippen molar-refractivity contribution in [3.05, 3.63) is 130 Å². The molecule has 0 fully saturated rings. The summed E-state index contributed by atoms with van der Waals surface area (Å²) in [6.07, 6.45) is 0. The molecule has 0 saturated carbocycles. The van der Waals surface area contributed by atoms with Crippen molar-refractivity contribution < 1.29 is 0 Å². The van der Waals surface area contributed by atoms with Crippen LogP contribution in [0.1, 0.15) is 80.5 Å². The molecule has 0 radical (unpaired) electrons. The van der Waals surface area contributed by atoms with E-state index in [9.17, 15) is 0 Å². The maximum atomic E-state index is 2.50. The quantitative estimate of drug-likeness (QED) is 0.255. The van der Waals surface area contributed by atoms with Crippen LogP contribution in [0.25, 0.3) is 11.1 Å². The average Bonchev–Trinajstić information content (AvgIpc) is 3.10. The maximum absolute atomic E-state index is 2.50. The molecule has 34 heavy (non-hydrogen) atoms. The van der Waals surface area contributed by atoms with Gasteiger partial charge in [0.1, 0.15) is 0 Å². The Kier molecular flexibility index (Phi) is 5.13. The van der Waals surface area contributed by atoms with Gasteiger partial charge >= 0.3 is 0 Å². The first-order valence-corrected chi connectivity index (χ1v) is 12.5. The van der Waals surface area contributed by atoms with E-state index in [2.05, 4.69) is 139 Å². The number of fused-ring (bicyclic) bond motifs is 3. The molecular weight excluding hydrogens is 408 g/mol. The molecule has 4 aromatic carbocycles. The van der Waals surface area contributed by atoms with Crippen LogP contribution in [-0.2, 0) is 16.2 Å². The summed E-state index contributed by atoms with van der Waals surface area (Å²) >= 11 is 0. The van der Waals surface area contributed by atoms with Gasteiger partial charge in [0.2, 0.25) is 0 Å². The van der Waals surface area contributed by atoms with E-state index in [4.69, 9.17) is 0 Å². The molecule has 0 heterocycles. The van der Waals surface area contributed by atoms with Gasteiger partial charge < -0.3 is 0 Å². The summed E-state index contributed by atoms with van der Waals surface area (Å²) in [6, 6.07) is 34.1. The molecular formula is C34H36. The van der Waals surface area contributed by atoms with Gasteiger partial charge in [-0.3, -0.25) is 0 Å². The van der Waals surface area contributed by atoms with Crippen molar-refractivity contribution in [3.63, 3.8) is 0 Å². The molecule has 172 valence electrons. The summed E-state index contributed by atoms with van der Waals surface area (Å²) in [5.74, 6) is 0. The number of aryl methyl sites for hydroxylation is 1. The first kappa shape index (κ1) is 22.7. The van der Waals surface area contributed by atoms with Crippen molar-refractivity contribution in [2.45, 2.75) is 64.7 Å². The summed E-state index contributed by atoms with van der Waals surface area (Å²) in [7, 11) is 0. The van der Waals surface area contributed by atoms with Gasteiger partial charge in [0.05, 0.1) is 5.41 Å². The van der Waals surface area contributed by atoms with E-state index in [1.807, 2.05) is 0 Å². The second-order valence-electron chi connectivity index (χ2n) is 11.9. The third-order valence-corrected chi connectivity index (χ3v) is 7.55. The van der Waals surface area contributed by atoms with Gasteiger partial charge in [0.15, 0.2) is 0 Å². The molecule has 0 bridgehead atoms. The van der Waals surface area contributed by atoms with E-state index in [1.54, 1.807) is 0 Å². The van der Waals surface area contributed by atoms with Gasteiger partial charge in [-0.2, -0.15) is 0 Å². The molecule has 0 unspecified atom stereocenters. The van der Waals surface area contributed by atoms with Crippen molar-refractivity contribution >= 4 is 0 Å². The third-order valence-electron chi connectivity index (χ3n) is 7.55. The monoisotopic (exact) mass is 444 g/mol. The smallest absolute Gasteiger partial charge is 0.0622 e. The summed E-state index contributed by atoms with van der Waals surface area (Å²) in [5, 5.41) is 0. The van der Waals surface area contributed by atoms with Crippen LogP contribution in [-0.4, -0.2) is 0 Å². The Morgan fingerprint density at radius 3 is 1.65 bits per heavy atom. The highest BCUT2D eigenvalue weighted by Crippen LogP contribution is 2.59. The highest BCUT2D eigenvalue weighted by Gasteiger charge is 2.49. The molecule has 5 rings (SSSR count). The second-order valence-corrected chi connectivity index (χ2v) is 11.9. The molecule has 0 saturated heterocycles. The lowest BCUT2D eigenvalue weighted by molar-refractivity contribution is 0.557. The number of hydrogen-bond acceptors (Lipinski definition) is 0. The largest absolute Gasteiger partial charge is 0.0716 e. The summed E-state index contributed by atoms with van der Waals surface area (Å²) in [6.45, 7) is 16.4. The number of rotatable bonds is 2. The predicted molar refractivity (Wildman–Crippen MR) is 146 cm³/mol. The molecule has 1 aliphatic carbocycles. The van der Waals surface area contributed by atoms with Crippen LogP contribution in [0.15, 0.2) is 91.0 Å². The SMILES string of the molecule is Cc1cccc2c1-c1cc(C(C)(C)C)cc(C(C)(C)C)c1C2(c1ccccc1)c1ccccc1. The summed E-state index contributed by atoms with van der Waals surface area (Å²) in [5.41, 5.74) is 12.2. The molecule has 4 aromatic rings. The third kappa shape index (κ3) is 3.27. The van der Waals surface area contributed by atoms with E-state index in [0.717, 1.165) is 0 Å². The minimum Gasteiger partial charge on any atom is -0.0622 e. The molecule has 0 nitrogen and oxygen atoms in total. The van der Waals surface area contributed by atoms with Crippen LogP contribution in [0.2, 0.25) is 0 Å². The van der Waals surface area contributed by atoms with Crippen molar-refractivity contribution in [3.8, 4) is 11.1 Å². The molecule has 0 heteroatoms. The molecule has 0 aromatic heterocycles. The summed E-state index contributed by atoms with van der Waals surface area (Å²) in [4.78, 5) is 0. The summed E-state index contributed by atoms with van der Waals surface area (Å²) < 4.78 is 0. The van der Waals surface area contributed by atoms with Crippen molar-refractivity contribution in [1.29, 1.82) is 0 Å². The molecule has 0 aliphatic heterocycles. The Bertz CT molecular complexity index is 1300. The van der Waals surface area contributed by atoms with E-state index in [0.29, 0.717) is 0 Å². The van der Waals surface area contributed by atoms with Gasteiger partial charge in [-0.15, -0.1) is 0 Å². The highest BCUT2D eigenvalue weighted by molar-refractivity contribution is 5.90. The average molecular weight is 445 g/mol. The normalized spacial score (nSPS) is 14.6. The minimum absolute atomic E-state index is 0.00387. The minimum atomic E-state index is -0.349. The van der Waals surface area contributed by atoms with Gasteiger partial charge in [0.25, 0.3) is 0 Å². The second kappa shape index (κ2) is 7.70. The van der Waals surface area contributed by atoms with Crippen molar-refractivity contribution in [2.75, 3.05) is 0 Å². The molecule has 0 spiro atoms. The molecule has 0 amide bonds. The lowest BCUT2D eigenvalue weighted by Gasteiger charge is -2.38. The van der Waals surface area contributed by atoms with Crippen LogP contribution >= 0.6 is 0 Å². The zero-order valence-corrected chi connectivity index (χ0v) is 21.7. The lowest BCUT2D eigenvalue weighted by atomic mass is 9.63. The van der Waals surface area contributed by atoms with Crippen LogP contribution in [0.5, 0.6) is 0 Å². The molecule has 0 atom stereocenters. The Hall–Kier alpha value is -3.12. The first-order valence-electron chi connectivity index (χ1n) is 12.5. The fourth-order valence-corrected chi connectivity index (χ4v) is 5.88. The van der Waals surface area contributed by atoms with E-state index in [-0.39, 0.29) is 16.2 Å². The Morgan fingerprint density at radius 2 is 1.15 bits per heavy atom. The predicted octanol–water partition coefficient (Wildman–Crippen LogP) is 8.95. The van der Waals surface area contributed by atoms with E-state index >= 15 is 0 Å². The zero-order chi connectivity index (χ0) is 24.3. The van der Waals surface area contributed by atoms with Crippen LogP contribution < -0.4 is 0 Å². The zero-order valence-electron chi connectivity index (χ0n) is 21.7. The lowest BCUT2D eigenvalue weighted by Crippen LogP contribution is -2.32. The number of benzene rings is 4. The van der Waals surface area contributed by atoms with E-state index in [1.165, 1.54) is 50.1 Å². The highest BCUT2D eigenvalue weighted by atomic mass is 14.5. The van der Waals surface area contributed by atoms with Gasteiger partial charge in [-0.05, 0) is 67.8 Å². The van der Waals surface area contributed by atoms with Gasteiger partial charge in [0, 0.05) is 0 Å². The van der Waals surface area contributed by atoms with Crippen LogP contribution in [0.3, 0.4) is 0 Å². The maximum Gasteiger partial charge on any atom is 0.0716 e. The standard InChI is InChI=1S/C34H36/c1-23-15-14-20-28-30(23)27-21-26(32(2,3)4)22-29(33(5,6)7)31(27)34(28,24-16-10-8-11-17-24)25-18-12-9-13-19-25/h8-22H,1-7H3. The topological polar surface area (TPSA) is 0 Å². The fraction of sp³-hybridized carbons (Fsp3) is 0.294. The Balaban J connectivity index is 2.07. The number of hydrogen-bond donors (Lipinski definition) is 0. The first-order chi connectivity index (χ1) is 16.1. The molecule has 1 aliphatic rings. The fourth-order valence-electron chi connectivity index (χ4n) is 5.88. The van der Waals surface area contributed by atoms with Crippen molar-refractivity contribution in [1.82, 2.24) is 0 Å². The van der Waals surface area contributed by atoms with Gasteiger partial charge in [-0.25, -0.2) is 0 Å². The Morgan fingerprint density at radius 1 is 0.588 bits per heavy atom. The molecule has 0 N–H and O–H groups in total.